The highest BCUT2D eigenvalue weighted by Gasteiger charge is 2.29. The number of hydrogen-bond donors (Lipinski definition) is 1. The van der Waals surface area contributed by atoms with E-state index in [-0.39, 0.29) is 0 Å². The number of halogens is 3. The molecule has 0 atom stereocenters. The molecule has 1 aromatic carbocycles. The highest BCUT2D eigenvalue weighted by molar-refractivity contribution is 7.07. The second-order valence-corrected chi connectivity index (χ2v) is 4.01. The van der Waals surface area contributed by atoms with E-state index in [4.69, 9.17) is 0 Å². The lowest BCUT2D eigenvalue weighted by molar-refractivity contribution is -0.137. The molecule has 0 unspecified atom stereocenters. The Bertz CT molecular complexity index is 462. The largest absolute Gasteiger partial charge is 0.416 e. The Hall–Kier alpha value is -1.56. The van der Waals surface area contributed by atoms with Crippen LogP contribution >= 0.6 is 11.3 Å². The molecule has 0 saturated carbocycles. The van der Waals surface area contributed by atoms with E-state index in [9.17, 15) is 13.2 Å². The maximum Gasteiger partial charge on any atom is 0.416 e. The lowest BCUT2D eigenvalue weighted by Crippen LogP contribution is -2.05. The minimum absolute atomic E-state index is 0.478. The Morgan fingerprint density at radius 3 is 2.47 bits per heavy atom. The van der Waals surface area contributed by atoms with Crippen molar-refractivity contribution in [2.45, 2.75) is 12.7 Å². The minimum Gasteiger partial charge on any atom is -0.379 e. The quantitative estimate of drug-likeness (QED) is 0.909. The SMILES string of the molecule is FC(F)(F)c1ccc(NCc2cs[c]n2)cc1. The van der Waals surface area contributed by atoms with Gasteiger partial charge in [0.25, 0.3) is 0 Å². The van der Waals surface area contributed by atoms with Gasteiger partial charge >= 0.3 is 6.18 Å². The summed E-state index contributed by atoms with van der Waals surface area (Å²) in [6.45, 7) is 0.478. The van der Waals surface area contributed by atoms with Crippen molar-refractivity contribution < 1.29 is 13.2 Å². The van der Waals surface area contributed by atoms with Crippen LogP contribution in [0.15, 0.2) is 29.6 Å². The van der Waals surface area contributed by atoms with E-state index in [0.29, 0.717) is 12.2 Å². The molecule has 1 radical (unpaired) electrons. The molecule has 2 rings (SSSR count). The number of nitrogens with zero attached hydrogens (tertiary/aromatic N) is 1. The molecule has 2 aromatic rings. The molecular formula is C11H8F3N2S. The fourth-order valence-electron chi connectivity index (χ4n) is 1.26. The zero-order valence-electron chi connectivity index (χ0n) is 8.58. The Labute approximate surface area is 100 Å². The monoisotopic (exact) mass is 257 g/mol. The second-order valence-electron chi connectivity index (χ2n) is 3.36. The van der Waals surface area contributed by atoms with Crippen LogP contribution in [0.3, 0.4) is 0 Å². The Morgan fingerprint density at radius 1 is 1.24 bits per heavy atom. The van der Waals surface area contributed by atoms with Crippen molar-refractivity contribution in [3.63, 3.8) is 0 Å². The van der Waals surface area contributed by atoms with E-state index in [1.807, 2.05) is 5.38 Å². The van der Waals surface area contributed by atoms with Crippen molar-refractivity contribution in [1.82, 2.24) is 4.98 Å². The van der Waals surface area contributed by atoms with Gasteiger partial charge in [0.05, 0.1) is 17.8 Å². The molecule has 0 saturated heterocycles. The fourth-order valence-corrected chi connectivity index (χ4v) is 1.75. The fraction of sp³-hybridized carbons (Fsp3) is 0.182. The molecule has 0 fully saturated rings. The lowest BCUT2D eigenvalue weighted by Gasteiger charge is -2.08. The van der Waals surface area contributed by atoms with Gasteiger partial charge in [-0.2, -0.15) is 13.2 Å². The first-order valence-electron chi connectivity index (χ1n) is 4.77. The summed E-state index contributed by atoms with van der Waals surface area (Å²) < 4.78 is 36.9. The van der Waals surface area contributed by atoms with Gasteiger partial charge in [-0.25, -0.2) is 4.98 Å². The van der Waals surface area contributed by atoms with Gasteiger partial charge < -0.3 is 5.32 Å². The van der Waals surface area contributed by atoms with Crippen LogP contribution in [0.2, 0.25) is 0 Å². The Kier molecular flexibility index (Phi) is 3.33. The third kappa shape index (κ3) is 3.20. The van der Waals surface area contributed by atoms with Crippen molar-refractivity contribution in [3.05, 3.63) is 46.4 Å². The molecule has 17 heavy (non-hydrogen) atoms. The predicted octanol–water partition coefficient (Wildman–Crippen LogP) is 3.57. The molecule has 0 aliphatic rings. The van der Waals surface area contributed by atoms with Gasteiger partial charge in [-0.1, -0.05) is 0 Å². The maximum atomic E-state index is 12.3. The summed E-state index contributed by atoms with van der Waals surface area (Å²) in [6.07, 6.45) is -4.29. The first kappa shape index (κ1) is 11.9. The van der Waals surface area contributed by atoms with Crippen molar-refractivity contribution in [3.8, 4) is 0 Å². The maximum absolute atomic E-state index is 12.3. The number of thiazole rings is 1. The van der Waals surface area contributed by atoms with Gasteiger partial charge in [0.1, 0.15) is 0 Å². The van der Waals surface area contributed by atoms with Crippen LogP contribution in [0.4, 0.5) is 18.9 Å². The van der Waals surface area contributed by atoms with Crippen molar-refractivity contribution in [2.24, 2.45) is 0 Å². The van der Waals surface area contributed by atoms with E-state index in [2.05, 4.69) is 15.8 Å². The molecule has 6 heteroatoms. The third-order valence-corrected chi connectivity index (χ3v) is 2.71. The topological polar surface area (TPSA) is 24.9 Å². The molecular weight excluding hydrogens is 249 g/mol. The molecule has 0 spiro atoms. The summed E-state index contributed by atoms with van der Waals surface area (Å²) in [5.41, 5.74) is 3.50. The first-order chi connectivity index (χ1) is 8.05. The smallest absolute Gasteiger partial charge is 0.379 e. The van der Waals surface area contributed by atoms with Crippen LogP contribution in [-0.2, 0) is 12.7 Å². The van der Waals surface area contributed by atoms with E-state index in [1.54, 1.807) is 0 Å². The predicted molar refractivity (Wildman–Crippen MR) is 59.7 cm³/mol. The van der Waals surface area contributed by atoms with E-state index in [0.717, 1.165) is 17.8 Å². The molecule has 1 heterocycles. The van der Waals surface area contributed by atoms with Crippen LogP contribution in [0, 0.1) is 5.51 Å². The van der Waals surface area contributed by atoms with Crippen molar-refractivity contribution in [2.75, 3.05) is 5.32 Å². The molecule has 0 amide bonds. The van der Waals surface area contributed by atoms with E-state index >= 15 is 0 Å². The molecule has 2 nitrogen and oxygen atoms in total. The van der Waals surface area contributed by atoms with Crippen LogP contribution in [-0.4, -0.2) is 4.98 Å². The average Bonchev–Trinajstić information content (AvgIpc) is 2.78. The average molecular weight is 257 g/mol. The third-order valence-electron chi connectivity index (χ3n) is 2.12. The molecule has 0 aliphatic carbocycles. The van der Waals surface area contributed by atoms with Crippen LogP contribution in [0.5, 0.6) is 0 Å². The van der Waals surface area contributed by atoms with Gasteiger partial charge in [0, 0.05) is 11.1 Å². The molecule has 0 aliphatic heterocycles. The summed E-state index contributed by atoms with van der Waals surface area (Å²) in [4.78, 5) is 3.94. The first-order valence-corrected chi connectivity index (χ1v) is 5.65. The minimum atomic E-state index is -4.29. The highest BCUT2D eigenvalue weighted by Crippen LogP contribution is 2.29. The Balaban J connectivity index is 1.99. The number of anilines is 1. The summed E-state index contributed by atoms with van der Waals surface area (Å²) >= 11 is 1.36. The number of aromatic nitrogens is 1. The van der Waals surface area contributed by atoms with Gasteiger partial charge in [0.15, 0.2) is 5.51 Å². The normalized spacial score (nSPS) is 11.5. The number of rotatable bonds is 3. The lowest BCUT2D eigenvalue weighted by atomic mass is 10.2. The number of benzene rings is 1. The number of alkyl halides is 3. The van der Waals surface area contributed by atoms with Crippen LogP contribution in [0.1, 0.15) is 11.3 Å². The van der Waals surface area contributed by atoms with Crippen molar-refractivity contribution in [1.29, 1.82) is 0 Å². The van der Waals surface area contributed by atoms with Crippen LogP contribution in [0.25, 0.3) is 0 Å². The molecule has 1 N–H and O–H groups in total. The zero-order valence-corrected chi connectivity index (χ0v) is 9.40. The van der Waals surface area contributed by atoms with Gasteiger partial charge in [-0.15, -0.1) is 11.3 Å². The van der Waals surface area contributed by atoms with Crippen molar-refractivity contribution >= 4 is 17.0 Å². The summed E-state index contributed by atoms with van der Waals surface area (Å²) in [7, 11) is 0. The van der Waals surface area contributed by atoms with Gasteiger partial charge in [0.2, 0.25) is 0 Å². The van der Waals surface area contributed by atoms with Crippen LogP contribution < -0.4 is 5.32 Å². The summed E-state index contributed by atoms with van der Waals surface area (Å²) in [6, 6.07) is 4.91. The number of hydrogen-bond acceptors (Lipinski definition) is 3. The highest BCUT2D eigenvalue weighted by atomic mass is 32.1. The standard InChI is InChI=1S/C11H8F3N2S/c12-11(13,14)8-1-3-9(4-2-8)15-5-10-6-17-7-16-10/h1-4,6,15H,5H2. The summed E-state index contributed by atoms with van der Waals surface area (Å²) in [5.74, 6) is 0. The summed E-state index contributed by atoms with van der Waals surface area (Å²) in [5, 5.41) is 4.81. The molecule has 1 aromatic heterocycles. The Morgan fingerprint density at radius 2 is 1.94 bits per heavy atom. The van der Waals surface area contributed by atoms with E-state index in [1.165, 1.54) is 23.5 Å². The molecule has 89 valence electrons. The second kappa shape index (κ2) is 4.75. The van der Waals surface area contributed by atoms with E-state index < -0.39 is 11.7 Å². The van der Waals surface area contributed by atoms with Gasteiger partial charge in [-0.3, -0.25) is 0 Å². The number of nitrogens with one attached hydrogen (secondary N) is 1. The van der Waals surface area contributed by atoms with Gasteiger partial charge in [-0.05, 0) is 24.3 Å². The zero-order chi connectivity index (χ0) is 12.3. The molecule has 0 bridgehead atoms.